The third kappa shape index (κ3) is 4.55. The molecule has 0 saturated heterocycles. The summed E-state index contributed by atoms with van der Waals surface area (Å²) in [5.41, 5.74) is 0. The summed E-state index contributed by atoms with van der Waals surface area (Å²) in [6.45, 7) is 14.1. The highest BCUT2D eigenvalue weighted by Crippen LogP contribution is 2.32. The Bertz CT molecular complexity index is 227. The van der Waals surface area contributed by atoms with Crippen LogP contribution in [0.3, 0.4) is 0 Å². The Morgan fingerprint density at radius 2 is 1.89 bits per heavy atom. The van der Waals surface area contributed by atoms with Gasteiger partial charge in [0.25, 0.3) is 0 Å². The van der Waals surface area contributed by atoms with Gasteiger partial charge in [0.1, 0.15) is 0 Å². The molecule has 1 aliphatic rings. The van der Waals surface area contributed by atoms with E-state index in [-0.39, 0.29) is 0 Å². The third-order valence-corrected chi connectivity index (χ3v) is 4.46. The maximum atomic E-state index is 3.72. The lowest BCUT2D eigenvalue weighted by Gasteiger charge is -2.45. The molecule has 1 N–H and O–H groups in total. The Morgan fingerprint density at radius 1 is 1.22 bits per heavy atom. The Balaban J connectivity index is 2.61. The molecular weight excluding hydrogens is 220 g/mol. The molecule has 0 amide bonds. The zero-order valence-electron chi connectivity index (χ0n) is 13.4. The van der Waals surface area contributed by atoms with Crippen molar-refractivity contribution in [3.63, 3.8) is 0 Å². The summed E-state index contributed by atoms with van der Waals surface area (Å²) in [5, 5.41) is 3.72. The van der Waals surface area contributed by atoms with Crippen molar-refractivity contribution in [2.24, 2.45) is 17.8 Å². The molecule has 0 aromatic heterocycles. The van der Waals surface area contributed by atoms with Gasteiger partial charge >= 0.3 is 0 Å². The van der Waals surface area contributed by atoms with Crippen molar-refractivity contribution < 1.29 is 0 Å². The second-order valence-electron chi connectivity index (χ2n) is 6.87. The molecule has 2 heteroatoms. The fourth-order valence-electron chi connectivity index (χ4n) is 3.66. The Kier molecular flexibility index (Phi) is 6.65. The molecule has 18 heavy (non-hydrogen) atoms. The van der Waals surface area contributed by atoms with Gasteiger partial charge in [0.15, 0.2) is 0 Å². The predicted octanol–water partition coefficient (Wildman–Crippen LogP) is 3.38. The second kappa shape index (κ2) is 7.49. The van der Waals surface area contributed by atoms with Crippen molar-refractivity contribution in [3.05, 3.63) is 0 Å². The van der Waals surface area contributed by atoms with E-state index in [0.717, 1.165) is 30.3 Å². The highest BCUT2D eigenvalue weighted by atomic mass is 15.2. The SMILES string of the molecule is CCNC1CC(C)CC(C)C1N(C)CCC(C)C. The largest absolute Gasteiger partial charge is 0.313 e. The molecule has 0 bridgehead atoms. The van der Waals surface area contributed by atoms with E-state index in [9.17, 15) is 0 Å². The third-order valence-electron chi connectivity index (χ3n) is 4.46. The minimum atomic E-state index is 0.686. The fourth-order valence-corrected chi connectivity index (χ4v) is 3.66. The molecule has 108 valence electrons. The Labute approximate surface area is 115 Å². The van der Waals surface area contributed by atoms with Crippen LogP contribution in [0.5, 0.6) is 0 Å². The average molecular weight is 254 g/mol. The van der Waals surface area contributed by atoms with E-state index < -0.39 is 0 Å². The van der Waals surface area contributed by atoms with Gasteiger partial charge in [-0.1, -0.05) is 34.6 Å². The first-order chi connectivity index (χ1) is 8.45. The number of nitrogens with one attached hydrogen (secondary N) is 1. The highest BCUT2D eigenvalue weighted by molar-refractivity contribution is 4.93. The number of likely N-dealkylation sites (N-methyl/N-ethyl adjacent to an activating group) is 2. The van der Waals surface area contributed by atoms with Crippen molar-refractivity contribution in [1.82, 2.24) is 10.2 Å². The lowest BCUT2D eigenvalue weighted by atomic mass is 9.76. The monoisotopic (exact) mass is 254 g/mol. The maximum Gasteiger partial charge on any atom is 0.0272 e. The first-order valence-corrected chi connectivity index (χ1v) is 7.89. The number of rotatable bonds is 6. The molecule has 1 aliphatic carbocycles. The number of hydrogen-bond donors (Lipinski definition) is 1. The van der Waals surface area contributed by atoms with Crippen LogP contribution >= 0.6 is 0 Å². The summed E-state index contributed by atoms with van der Waals surface area (Å²) in [7, 11) is 2.32. The maximum absolute atomic E-state index is 3.72. The van der Waals surface area contributed by atoms with E-state index in [0.29, 0.717) is 6.04 Å². The summed E-state index contributed by atoms with van der Waals surface area (Å²) in [5.74, 6) is 2.50. The van der Waals surface area contributed by atoms with Crippen LogP contribution in [0, 0.1) is 17.8 Å². The number of nitrogens with zero attached hydrogens (tertiary/aromatic N) is 1. The van der Waals surface area contributed by atoms with Gasteiger partial charge in [0.2, 0.25) is 0 Å². The Morgan fingerprint density at radius 3 is 2.44 bits per heavy atom. The van der Waals surface area contributed by atoms with Crippen LogP contribution in [0.2, 0.25) is 0 Å². The minimum absolute atomic E-state index is 0.686. The average Bonchev–Trinajstić information content (AvgIpc) is 2.25. The Hall–Kier alpha value is -0.0800. The summed E-state index contributed by atoms with van der Waals surface area (Å²) in [6.07, 6.45) is 4.04. The van der Waals surface area contributed by atoms with Gasteiger partial charge in [-0.25, -0.2) is 0 Å². The molecule has 1 rings (SSSR count). The summed E-state index contributed by atoms with van der Waals surface area (Å²) < 4.78 is 0. The molecule has 0 heterocycles. The predicted molar refractivity (Wildman–Crippen MR) is 80.9 cm³/mol. The highest BCUT2D eigenvalue weighted by Gasteiger charge is 2.35. The summed E-state index contributed by atoms with van der Waals surface area (Å²) in [6, 6.07) is 1.41. The van der Waals surface area contributed by atoms with Crippen LogP contribution in [0.1, 0.15) is 53.9 Å². The first-order valence-electron chi connectivity index (χ1n) is 7.89. The quantitative estimate of drug-likeness (QED) is 0.782. The van der Waals surface area contributed by atoms with Crippen molar-refractivity contribution >= 4 is 0 Å². The second-order valence-corrected chi connectivity index (χ2v) is 6.87. The molecule has 0 aromatic rings. The lowest BCUT2D eigenvalue weighted by Crippen LogP contribution is -2.55. The molecule has 4 atom stereocenters. The van der Waals surface area contributed by atoms with Crippen LogP contribution in [0.25, 0.3) is 0 Å². The summed E-state index contributed by atoms with van der Waals surface area (Å²) >= 11 is 0. The van der Waals surface area contributed by atoms with Gasteiger partial charge in [0, 0.05) is 12.1 Å². The zero-order valence-corrected chi connectivity index (χ0v) is 13.4. The van der Waals surface area contributed by atoms with Gasteiger partial charge < -0.3 is 10.2 Å². The van der Waals surface area contributed by atoms with E-state index in [4.69, 9.17) is 0 Å². The van der Waals surface area contributed by atoms with E-state index in [1.165, 1.54) is 25.8 Å². The van der Waals surface area contributed by atoms with Gasteiger partial charge in [0.05, 0.1) is 0 Å². The van der Waals surface area contributed by atoms with Crippen molar-refractivity contribution in [2.75, 3.05) is 20.1 Å². The van der Waals surface area contributed by atoms with Crippen LogP contribution in [-0.2, 0) is 0 Å². The fraction of sp³-hybridized carbons (Fsp3) is 1.00. The normalized spacial score (nSPS) is 33.3. The van der Waals surface area contributed by atoms with Crippen molar-refractivity contribution in [2.45, 2.75) is 66.0 Å². The van der Waals surface area contributed by atoms with Crippen LogP contribution in [0.15, 0.2) is 0 Å². The molecular formula is C16H34N2. The first kappa shape index (κ1) is 16.0. The molecule has 0 aromatic carbocycles. The van der Waals surface area contributed by atoms with Gasteiger partial charge in [-0.2, -0.15) is 0 Å². The van der Waals surface area contributed by atoms with Crippen LogP contribution in [0.4, 0.5) is 0 Å². The van der Waals surface area contributed by atoms with Crippen molar-refractivity contribution in [1.29, 1.82) is 0 Å². The topological polar surface area (TPSA) is 15.3 Å². The molecule has 1 fully saturated rings. The van der Waals surface area contributed by atoms with Crippen molar-refractivity contribution in [3.8, 4) is 0 Å². The van der Waals surface area contributed by atoms with E-state index in [1.54, 1.807) is 0 Å². The molecule has 2 nitrogen and oxygen atoms in total. The summed E-state index contributed by atoms with van der Waals surface area (Å²) in [4.78, 5) is 2.61. The smallest absolute Gasteiger partial charge is 0.0272 e. The van der Waals surface area contributed by atoms with E-state index in [2.05, 4.69) is 51.9 Å². The molecule has 0 spiro atoms. The van der Waals surface area contributed by atoms with E-state index in [1.807, 2.05) is 0 Å². The van der Waals surface area contributed by atoms with Gasteiger partial charge in [-0.3, -0.25) is 0 Å². The zero-order chi connectivity index (χ0) is 13.7. The minimum Gasteiger partial charge on any atom is -0.313 e. The molecule has 4 unspecified atom stereocenters. The van der Waals surface area contributed by atoms with E-state index >= 15 is 0 Å². The molecule has 0 radical (unpaired) electrons. The number of hydrogen-bond acceptors (Lipinski definition) is 2. The molecule has 0 aliphatic heterocycles. The van der Waals surface area contributed by atoms with Gasteiger partial charge in [-0.15, -0.1) is 0 Å². The lowest BCUT2D eigenvalue weighted by molar-refractivity contribution is 0.0779. The van der Waals surface area contributed by atoms with Crippen LogP contribution in [-0.4, -0.2) is 37.1 Å². The molecule has 1 saturated carbocycles. The van der Waals surface area contributed by atoms with Gasteiger partial charge in [-0.05, 0) is 57.2 Å². The van der Waals surface area contributed by atoms with Crippen LogP contribution < -0.4 is 5.32 Å². The standard InChI is InChI=1S/C16H34N2/c1-7-17-15-11-13(4)10-14(5)16(15)18(6)9-8-12(2)3/h12-17H,7-11H2,1-6H3.